The van der Waals surface area contributed by atoms with Crippen molar-refractivity contribution in [2.24, 2.45) is 4.99 Å². The highest BCUT2D eigenvalue weighted by Gasteiger charge is 2.25. The number of hydrogen-bond acceptors (Lipinski definition) is 1. The number of rotatable bonds is 6. The standard InChI is InChI=1S/C45H40N2/c1-3-13-31(14-4-1)32-23-25-34(26-24-32)45(33-15-5-2-6-16-33)46-30-36-27-37(29-42-38-18-8-7-17-35(38)28-41(36)42)47-43-21-11-9-19-39(43)40-20-10-12-22-44(40)47/h2,5-11,15-21,23-27,29,31H,1,3-4,12-14,22,28,30H2/b46-45+. The smallest absolute Gasteiger partial charge is 0.0723 e. The first kappa shape index (κ1) is 28.3. The van der Waals surface area contributed by atoms with Crippen molar-refractivity contribution < 1.29 is 0 Å². The molecule has 2 heteroatoms. The molecule has 0 spiro atoms. The Morgan fingerprint density at radius 2 is 1.49 bits per heavy atom. The monoisotopic (exact) mass is 608 g/mol. The molecule has 1 heterocycles. The van der Waals surface area contributed by atoms with Crippen LogP contribution in [0.25, 0.3) is 33.8 Å². The van der Waals surface area contributed by atoms with Crippen LogP contribution in [0.2, 0.25) is 0 Å². The minimum Gasteiger partial charge on any atom is -0.313 e. The maximum absolute atomic E-state index is 5.49. The van der Waals surface area contributed by atoms with Crippen LogP contribution in [0.15, 0.2) is 126 Å². The Kier molecular flexibility index (Phi) is 7.23. The van der Waals surface area contributed by atoms with E-state index >= 15 is 0 Å². The molecule has 0 atom stereocenters. The zero-order chi connectivity index (χ0) is 31.2. The molecule has 0 bridgehead atoms. The third-order valence-corrected chi connectivity index (χ3v) is 10.8. The number of nitrogens with zero attached hydrogens (tertiary/aromatic N) is 2. The molecule has 0 unspecified atom stereocenters. The van der Waals surface area contributed by atoms with Gasteiger partial charge in [0.15, 0.2) is 0 Å². The van der Waals surface area contributed by atoms with Crippen LogP contribution in [0.3, 0.4) is 0 Å². The number of fused-ring (bicyclic) bond motifs is 6. The van der Waals surface area contributed by atoms with E-state index in [1.807, 2.05) is 0 Å². The zero-order valence-electron chi connectivity index (χ0n) is 27.0. The predicted molar refractivity (Wildman–Crippen MR) is 197 cm³/mol. The van der Waals surface area contributed by atoms with Crippen LogP contribution in [-0.2, 0) is 19.4 Å². The predicted octanol–water partition coefficient (Wildman–Crippen LogP) is 11.2. The molecule has 0 N–H and O–H groups in total. The first-order chi connectivity index (χ1) is 23.3. The molecule has 3 aliphatic carbocycles. The molecule has 0 aliphatic heterocycles. The maximum Gasteiger partial charge on any atom is 0.0723 e. The second kappa shape index (κ2) is 12.0. The van der Waals surface area contributed by atoms with Crippen molar-refractivity contribution in [3.8, 4) is 16.8 Å². The summed E-state index contributed by atoms with van der Waals surface area (Å²) in [5, 5.41) is 1.34. The molecule has 230 valence electrons. The molecule has 5 aromatic carbocycles. The van der Waals surface area contributed by atoms with E-state index in [0.29, 0.717) is 12.5 Å². The van der Waals surface area contributed by atoms with Crippen LogP contribution >= 0.6 is 0 Å². The van der Waals surface area contributed by atoms with Gasteiger partial charge in [0.05, 0.1) is 17.8 Å². The van der Waals surface area contributed by atoms with Crippen molar-refractivity contribution in [3.63, 3.8) is 0 Å². The Morgan fingerprint density at radius 1 is 0.723 bits per heavy atom. The fourth-order valence-corrected chi connectivity index (χ4v) is 8.49. The number of allylic oxidation sites excluding steroid dienone is 1. The minimum absolute atomic E-state index is 0.639. The third kappa shape index (κ3) is 5.08. The molecule has 2 nitrogen and oxygen atoms in total. The summed E-state index contributed by atoms with van der Waals surface area (Å²) in [6, 6.07) is 42.9. The molecule has 1 fully saturated rings. The lowest BCUT2D eigenvalue weighted by Gasteiger charge is -2.22. The van der Waals surface area contributed by atoms with Crippen molar-refractivity contribution in [1.29, 1.82) is 0 Å². The van der Waals surface area contributed by atoms with Gasteiger partial charge in [-0.15, -0.1) is 0 Å². The second-order valence-corrected chi connectivity index (χ2v) is 13.6. The van der Waals surface area contributed by atoms with E-state index in [4.69, 9.17) is 4.99 Å². The maximum atomic E-state index is 5.49. The summed E-state index contributed by atoms with van der Waals surface area (Å²) in [5.74, 6) is 0.702. The van der Waals surface area contributed by atoms with Crippen LogP contribution < -0.4 is 0 Å². The molecule has 0 amide bonds. The summed E-state index contributed by atoms with van der Waals surface area (Å²) < 4.78 is 2.53. The van der Waals surface area contributed by atoms with Crippen molar-refractivity contribution >= 4 is 22.7 Å². The van der Waals surface area contributed by atoms with Crippen LogP contribution in [-0.4, -0.2) is 10.3 Å². The van der Waals surface area contributed by atoms with Crippen molar-refractivity contribution in [1.82, 2.24) is 4.57 Å². The van der Waals surface area contributed by atoms with E-state index in [2.05, 4.69) is 132 Å². The molecular weight excluding hydrogens is 569 g/mol. The first-order valence-corrected chi connectivity index (χ1v) is 17.6. The normalized spacial score (nSPS) is 15.9. The van der Waals surface area contributed by atoms with Crippen LogP contribution in [0.5, 0.6) is 0 Å². The van der Waals surface area contributed by atoms with Gasteiger partial charge >= 0.3 is 0 Å². The van der Waals surface area contributed by atoms with Gasteiger partial charge in [0, 0.05) is 33.5 Å². The highest BCUT2D eigenvalue weighted by Crippen LogP contribution is 2.42. The molecule has 47 heavy (non-hydrogen) atoms. The van der Waals surface area contributed by atoms with Crippen molar-refractivity contribution in [2.75, 3.05) is 0 Å². The van der Waals surface area contributed by atoms with Gasteiger partial charge in [0.1, 0.15) is 0 Å². The van der Waals surface area contributed by atoms with Crippen LogP contribution in [0.4, 0.5) is 0 Å². The number of benzene rings is 5. The van der Waals surface area contributed by atoms with E-state index in [9.17, 15) is 0 Å². The van der Waals surface area contributed by atoms with Crippen LogP contribution in [0, 0.1) is 0 Å². The third-order valence-electron chi connectivity index (χ3n) is 10.8. The summed E-state index contributed by atoms with van der Waals surface area (Å²) in [6.45, 7) is 0.639. The van der Waals surface area contributed by atoms with Crippen LogP contribution in [0.1, 0.15) is 89.1 Å². The summed E-state index contributed by atoms with van der Waals surface area (Å²) in [6.07, 6.45) is 14.5. The van der Waals surface area contributed by atoms with E-state index < -0.39 is 0 Å². The highest BCUT2D eigenvalue weighted by molar-refractivity contribution is 6.13. The summed E-state index contributed by atoms with van der Waals surface area (Å²) in [4.78, 5) is 5.49. The Balaban J connectivity index is 1.18. The number of aromatic nitrogens is 1. The Hall–Kier alpha value is -4.95. The van der Waals surface area contributed by atoms with E-state index in [1.54, 1.807) is 0 Å². The zero-order valence-corrected chi connectivity index (χ0v) is 27.0. The largest absolute Gasteiger partial charge is 0.313 e. The molecule has 9 rings (SSSR count). The van der Waals surface area contributed by atoms with Gasteiger partial charge in [-0.1, -0.05) is 128 Å². The molecule has 0 radical (unpaired) electrons. The SMILES string of the molecule is C1=Cc2c(n(-c3cc(C/N=C(\c4ccccc4)c4ccc(C5CCCCC5)cc4)c4c(c3)-c3ccccc3C4)c3ccccc23)CC1. The fourth-order valence-electron chi connectivity index (χ4n) is 8.49. The van der Waals surface area contributed by atoms with E-state index in [1.165, 1.54) is 104 Å². The quantitative estimate of drug-likeness (QED) is 0.167. The lowest BCUT2D eigenvalue weighted by molar-refractivity contribution is 0.443. The summed E-state index contributed by atoms with van der Waals surface area (Å²) in [7, 11) is 0. The molecule has 0 saturated heterocycles. The molecule has 3 aliphatic rings. The van der Waals surface area contributed by atoms with Gasteiger partial charge in [-0.05, 0) is 89.6 Å². The Bertz CT molecular complexity index is 2150. The summed E-state index contributed by atoms with van der Waals surface area (Å²) >= 11 is 0. The van der Waals surface area contributed by atoms with Gasteiger partial charge < -0.3 is 4.57 Å². The first-order valence-electron chi connectivity index (χ1n) is 17.6. The fraction of sp³-hybridized carbons (Fsp3) is 0.222. The summed E-state index contributed by atoms with van der Waals surface area (Å²) in [5.41, 5.74) is 17.1. The van der Waals surface area contributed by atoms with Gasteiger partial charge in [0.25, 0.3) is 0 Å². The number of aliphatic imine (C=N–C) groups is 1. The lowest BCUT2D eigenvalue weighted by Crippen LogP contribution is -2.08. The number of hydrogen-bond donors (Lipinski definition) is 0. The van der Waals surface area contributed by atoms with Gasteiger partial charge in [0.2, 0.25) is 0 Å². The average molecular weight is 609 g/mol. The number of para-hydroxylation sites is 1. The molecular formula is C45H40N2. The van der Waals surface area contributed by atoms with Gasteiger partial charge in [-0.25, -0.2) is 0 Å². The van der Waals surface area contributed by atoms with E-state index in [-0.39, 0.29) is 0 Å². The average Bonchev–Trinajstić information content (AvgIpc) is 3.69. The molecule has 6 aromatic rings. The molecule has 1 aromatic heterocycles. The van der Waals surface area contributed by atoms with Gasteiger partial charge in [-0.3, -0.25) is 4.99 Å². The minimum atomic E-state index is 0.639. The van der Waals surface area contributed by atoms with Crippen molar-refractivity contribution in [3.05, 3.63) is 166 Å². The molecule has 1 saturated carbocycles. The van der Waals surface area contributed by atoms with E-state index in [0.717, 1.165) is 25.0 Å². The Morgan fingerprint density at radius 3 is 2.36 bits per heavy atom. The highest BCUT2D eigenvalue weighted by atomic mass is 15.0. The van der Waals surface area contributed by atoms with Gasteiger partial charge in [-0.2, -0.15) is 0 Å². The van der Waals surface area contributed by atoms with Crippen molar-refractivity contribution in [2.45, 2.75) is 63.8 Å². The lowest BCUT2D eigenvalue weighted by atomic mass is 9.83. The Labute approximate surface area is 278 Å². The topological polar surface area (TPSA) is 17.3 Å². The second-order valence-electron chi connectivity index (χ2n) is 13.6.